The maximum absolute atomic E-state index is 13.1. The van der Waals surface area contributed by atoms with Crippen LogP contribution < -0.4 is 5.32 Å². The molecule has 0 aliphatic carbocycles. The zero-order valence-corrected chi connectivity index (χ0v) is 20.8. The monoisotopic (exact) mass is 506 g/mol. The zero-order chi connectivity index (χ0) is 24.9. The molecule has 2 amide bonds. The number of halogens is 2. The van der Waals surface area contributed by atoms with Gasteiger partial charge in [-0.1, -0.05) is 71.7 Å². The second kappa shape index (κ2) is 10.8. The molecule has 0 atom stereocenters. The van der Waals surface area contributed by atoms with E-state index in [0.717, 1.165) is 16.9 Å². The number of carbonyl (C=O) groups excluding carboxylic acids is 2. The van der Waals surface area contributed by atoms with Crippen molar-refractivity contribution in [2.45, 2.75) is 19.9 Å². The average Bonchev–Trinajstić information content (AvgIpc) is 3.28. The molecule has 178 valence electrons. The van der Waals surface area contributed by atoms with E-state index in [4.69, 9.17) is 28.3 Å². The average molecular weight is 507 g/mol. The lowest BCUT2D eigenvalue weighted by Crippen LogP contribution is -2.42. The molecule has 3 aromatic carbocycles. The molecular formula is C27H24Cl2N4O2. The van der Waals surface area contributed by atoms with Gasteiger partial charge in [0.1, 0.15) is 12.4 Å². The first-order chi connectivity index (χ1) is 16.8. The molecule has 8 heteroatoms. The molecule has 0 unspecified atom stereocenters. The number of nitrogens with one attached hydrogen (secondary N) is 1. The number of aromatic nitrogens is 2. The fourth-order valence-electron chi connectivity index (χ4n) is 3.61. The summed E-state index contributed by atoms with van der Waals surface area (Å²) in [6.45, 7) is 3.56. The molecule has 0 saturated heterocycles. The number of hydrogen-bond donors (Lipinski definition) is 1. The van der Waals surface area contributed by atoms with E-state index in [9.17, 15) is 9.59 Å². The lowest BCUT2D eigenvalue weighted by Gasteiger charge is -2.26. The number of hydrogen-bond acceptors (Lipinski definition) is 3. The number of benzene rings is 3. The molecule has 6 nitrogen and oxygen atoms in total. The predicted molar refractivity (Wildman–Crippen MR) is 140 cm³/mol. The summed E-state index contributed by atoms with van der Waals surface area (Å²) in [5.74, 6) is -0.148. The molecule has 0 spiro atoms. The Labute approximate surface area is 214 Å². The Bertz CT molecular complexity index is 1340. The van der Waals surface area contributed by atoms with E-state index in [0.29, 0.717) is 16.4 Å². The molecule has 0 aliphatic rings. The van der Waals surface area contributed by atoms with Gasteiger partial charge in [-0.3, -0.25) is 9.59 Å². The van der Waals surface area contributed by atoms with Gasteiger partial charge in [0, 0.05) is 23.2 Å². The largest absolute Gasteiger partial charge is 0.327 e. The van der Waals surface area contributed by atoms with E-state index in [2.05, 4.69) is 5.32 Å². The number of rotatable bonds is 7. The molecule has 1 heterocycles. The Balaban J connectivity index is 1.60. The normalized spacial score (nSPS) is 10.9. The summed E-state index contributed by atoms with van der Waals surface area (Å²) < 4.78 is 1.68. The van der Waals surface area contributed by atoms with Crippen LogP contribution in [0, 0.1) is 0 Å². The van der Waals surface area contributed by atoms with Gasteiger partial charge in [0.25, 0.3) is 5.91 Å². The lowest BCUT2D eigenvalue weighted by molar-refractivity contribution is -0.117. The fourth-order valence-corrected chi connectivity index (χ4v) is 3.91. The van der Waals surface area contributed by atoms with E-state index in [1.54, 1.807) is 16.8 Å². The summed E-state index contributed by atoms with van der Waals surface area (Å²) in [4.78, 5) is 27.7. The molecule has 1 N–H and O–H groups in total. The van der Waals surface area contributed by atoms with Gasteiger partial charge in [-0.05, 0) is 44.2 Å². The Kier molecular flexibility index (Phi) is 7.54. The van der Waals surface area contributed by atoms with Crippen LogP contribution in [-0.2, 0) is 4.79 Å². The van der Waals surface area contributed by atoms with Gasteiger partial charge in [0.05, 0.1) is 21.4 Å². The van der Waals surface area contributed by atoms with Gasteiger partial charge in [0.2, 0.25) is 5.91 Å². The minimum atomic E-state index is -0.344. The van der Waals surface area contributed by atoms with Gasteiger partial charge in [-0.2, -0.15) is 5.10 Å². The van der Waals surface area contributed by atoms with Crippen LogP contribution in [0.5, 0.6) is 0 Å². The van der Waals surface area contributed by atoms with Crippen LogP contribution in [0.4, 0.5) is 5.82 Å². The summed E-state index contributed by atoms with van der Waals surface area (Å²) >= 11 is 12.1. The van der Waals surface area contributed by atoms with Crippen molar-refractivity contribution in [3.63, 3.8) is 0 Å². The van der Waals surface area contributed by atoms with Crippen molar-refractivity contribution in [2.75, 3.05) is 11.9 Å². The van der Waals surface area contributed by atoms with Crippen molar-refractivity contribution >= 4 is 40.8 Å². The Morgan fingerprint density at radius 1 is 0.914 bits per heavy atom. The van der Waals surface area contributed by atoms with E-state index >= 15 is 0 Å². The quantitative estimate of drug-likeness (QED) is 0.318. The Hall–Kier alpha value is -3.61. The van der Waals surface area contributed by atoms with Gasteiger partial charge < -0.3 is 10.2 Å². The summed E-state index contributed by atoms with van der Waals surface area (Å²) in [5, 5.41) is 8.29. The number of anilines is 1. The minimum absolute atomic E-state index is 0.141. The molecule has 0 fully saturated rings. The molecule has 4 aromatic rings. The van der Waals surface area contributed by atoms with Crippen LogP contribution in [0.25, 0.3) is 16.9 Å². The van der Waals surface area contributed by atoms with E-state index < -0.39 is 0 Å². The molecule has 4 rings (SSSR count). The lowest BCUT2D eigenvalue weighted by atomic mass is 10.1. The Morgan fingerprint density at radius 2 is 1.57 bits per heavy atom. The molecule has 1 aromatic heterocycles. The van der Waals surface area contributed by atoms with Crippen molar-refractivity contribution in [1.29, 1.82) is 0 Å². The number of para-hydroxylation sites is 1. The number of amides is 2. The molecule has 0 bridgehead atoms. The van der Waals surface area contributed by atoms with Gasteiger partial charge >= 0.3 is 0 Å². The third-order valence-electron chi connectivity index (χ3n) is 5.41. The molecular weight excluding hydrogens is 483 g/mol. The molecule has 0 saturated carbocycles. The second-order valence-electron chi connectivity index (χ2n) is 8.23. The topological polar surface area (TPSA) is 67.2 Å². The van der Waals surface area contributed by atoms with Crippen LogP contribution in [0.2, 0.25) is 10.0 Å². The summed E-state index contributed by atoms with van der Waals surface area (Å²) in [7, 11) is 0. The maximum Gasteiger partial charge on any atom is 0.254 e. The smallest absolute Gasteiger partial charge is 0.254 e. The highest BCUT2D eigenvalue weighted by Crippen LogP contribution is 2.26. The standard InChI is InChI=1S/C27H24Cl2N4O2/c1-18(2)32(27(35)20-13-14-22(28)23(29)15-20)17-26(34)30-25-16-24(19-9-5-3-6-10-19)31-33(25)21-11-7-4-8-12-21/h3-16,18H,17H2,1-2H3,(H,30,34). The van der Waals surface area contributed by atoms with Crippen LogP contribution in [0.3, 0.4) is 0 Å². The number of nitrogens with zero attached hydrogens (tertiary/aromatic N) is 3. The fraction of sp³-hybridized carbons (Fsp3) is 0.148. The van der Waals surface area contributed by atoms with E-state index in [1.165, 1.54) is 11.0 Å². The summed E-state index contributed by atoms with van der Waals surface area (Å²) in [6.07, 6.45) is 0. The summed E-state index contributed by atoms with van der Waals surface area (Å²) in [6, 6.07) is 25.5. The minimum Gasteiger partial charge on any atom is -0.327 e. The highest BCUT2D eigenvalue weighted by Gasteiger charge is 2.23. The van der Waals surface area contributed by atoms with E-state index in [-0.39, 0.29) is 29.4 Å². The number of carbonyl (C=O) groups is 2. The highest BCUT2D eigenvalue weighted by atomic mass is 35.5. The molecule has 0 aliphatic heterocycles. The van der Waals surface area contributed by atoms with Crippen molar-refractivity contribution in [1.82, 2.24) is 14.7 Å². The van der Waals surface area contributed by atoms with Gasteiger partial charge in [0.15, 0.2) is 0 Å². The second-order valence-corrected chi connectivity index (χ2v) is 9.05. The SMILES string of the molecule is CC(C)N(CC(=O)Nc1cc(-c2ccccc2)nn1-c1ccccc1)C(=O)c1ccc(Cl)c(Cl)c1. The van der Waals surface area contributed by atoms with E-state index in [1.807, 2.05) is 80.6 Å². The first-order valence-corrected chi connectivity index (χ1v) is 11.9. The summed E-state index contributed by atoms with van der Waals surface area (Å²) in [5.41, 5.74) is 2.81. The zero-order valence-electron chi connectivity index (χ0n) is 19.3. The Morgan fingerprint density at radius 3 is 2.20 bits per heavy atom. The van der Waals surface area contributed by atoms with Crippen molar-refractivity contribution in [2.24, 2.45) is 0 Å². The van der Waals surface area contributed by atoms with Gasteiger partial charge in [-0.25, -0.2) is 4.68 Å². The van der Waals surface area contributed by atoms with Crippen LogP contribution >= 0.6 is 23.2 Å². The highest BCUT2D eigenvalue weighted by molar-refractivity contribution is 6.42. The predicted octanol–water partition coefficient (Wildman–Crippen LogP) is 6.34. The third kappa shape index (κ3) is 5.73. The van der Waals surface area contributed by atoms with Crippen molar-refractivity contribution < 1.29 is 9.59 Å². The van der Waals surface area contributed by atoms with Crippen LogP contribution in [0.15, 0.2) is 84.9 Å². The van der Waals surface area contributed by atoms with Crippen LogP contribution in [-0.4, -0.2) is 39.1 Å². The third-order valence-corrected chi connectivity index (χ3v) is 6.15. The van der Waals surface area contributed by atoms with Crippen molar-refractivity contribution in [3.8, 4) is 16.9 Å². The maximum atomic E-state index is 13.1. The van der Waals surface area contributed by atoms with Crippen molar-refractivity contribution in [3.05, 3.63) is 101 Å². The molecule has 35 heavy (non-hydrogen) atoms. The first-order valence-electron chi connectivity index (χ1n) is 11.1. The first kappa shape index (κ1) is 24.5. The van der Waals surface area contributed by atoms with Crippen LogP contribution in [0.1, 0.15) is 24.2 Å². The van der Waals surface area contributed by atoms with Gasteiger partial charge in [-0.15, -0.1) is 0 Å². The molecule has 0 radical (unpaired) electrons.